The van der Waals surface area contributed by atoms with Crippen LogP contribution in [0.2, 0.25) is 0 Å². The molecule has 1 rings (SSSR count). The fourth-order valence-electron chi connectivity index (χ4n) is 1.60. The van der Waals surface area contributed by atoms with E-state index in [0.717, 1.165) is 7.11 Å². The van der Waals surface area contributed by atoms with Gasteiger partial charge in [0.15, 0.2) is 6.10 Å². The summed E-state index contributed by atoms with van der Waals surface area (Å²) in [6.07, 6.45) is -1.21. The third-order valence-corrected chi connectivity index (χ3v) is 2.65. The highest BCUT2D eigenvalue weighted by atomic mass is 16.5. The minimum Gasteiger partial charge on any atom is -0.467 e. The highest BCUT2D eigenvalue weighted by Gasteiger charge is 2.32. The molecule has 7 nitrogen and oxygen atoms in total. The number of nitrogens with one attached hydrogen (secondary N) is 1. The van der Waals surface area contributed by atoms with Gasteiger partial charge in [0.25, 0.3) is 0 Å². The lowest BCUT2D eigenvalue weighted by molar-refractivity contribution is -0.150. The first-order valence-corrected chi connectivity index (χ1v) is 5.23. The fourth-order valence-corrected chi connectivity index (χ4v) is 1.60. The monoisotopic (exact) mass is 244 g/mol. The number of carbonyl (C=O) groups is 3. The summed E-state index contributed by atoms with van der Waals surface area (Å²) in [4.78, 5) is 35.1. The number of carbonyl (C=O) groups excluding carboxylic acids is 3. The van der Waals surface area contributed by atoms with Crippen LogP contribution in [0.15, 0.2) is 0 Å². The number of ether oxygens (including phenoxy) is 1. The standard InChI is InChI=1S/C10H16N2O5/c1-12-5-6(3-8(12)14)9(15)11-4-7(13)10(16)17-2/h6-7,13H,3-5H2,1-2H3,(H,11,15). The Hall–Kier alpha value is -1.63. The van der Waals surface area contributed by atoms with Crippen LogP contribution in [0.1, 0.15) is 6.42 Å². The van der Waals surface area contributed by atoms with Crippen LogP contribution in [0.3, 0.4) is 0 Å². The summed E-state index contributed by atoms with van der Waals surface area (Å²) in [5.74, 6) is -1.65. The predicted molar refractivity (Wildman–Crippen MR) is 56.8 cm³/mol. The molecule has 1 fully saturated rings. The number of rotatable bonds is 4. The molecule has 1 heterocycles. The Kier molecular flexibility index (Phi) is 4.45. The minimum absolute atomic E-state index is 0.0846. The van der Waals surface area contributed by atoms with Gasteiger partial charge in [-0.2, -0.15) is 0 Å². The van der Waals surface area contributed by atoms with E-state index in [1.54, 1.807) is 7.05 Å². The highest BCUT2D eigenvalue weighted by Crippen LogP contribution is 2.15. The zero-order valence-electron chi connectivity index (χ0n) is 9.80. The van der Waals surface area contributed by atoms with Crippen molar-refractivity contribution in [2.75, 3.05) is 27.2 Å². The highest BCUT2D eigenvalue weighted by molar-refractivity contribution is 5.89. The van der Waals surface area contributed by atoms with E-state index in [2.05, 4.69) is 10.1 Å². The fraction of sp³-hybridized carbons (Fsp3) is 0.700. The van der Waals surface area contributed by atoms with Gasteiger partial charge in [-0.1, -0.05) is 0 Å². The molecule has 1 saturated heterocycles. The molecule has 17 heavy (non-hydrogen) atoms. The van der Waals surface area contributed by atoms with Gasteiger partial charge in [0.1, 0.15) is 0 Å². The molecule has 0 bridgehead atoms. The summed E-state index contributed by atoms with van der Waals surface area (Å²) in [7, 11) is 2.77. The number of aliphatic hydroxyl groups is 1. The second kappa shape index (κ2) is 5.62. The SMILES string of the molecule is COC(=O)C(O)CNC(=O)C1CC(=O)N(C)C1. The lowest BCUT2D eigenvalue weighted by Crippen LogP contribution is -2.40. The molecule has 0 spiro atoms. The van der Waals surface area contributed by atoms with Gasteiger partial charge in [-0.25, -0.2) is 4.79 Å². The van der Waals surface area contributed by atoms with Gasteiger partial charge < -0.3 is 20.1 Å². The predicted octanol–water partition coefficient (Wildman–Crippen LogP) is -1.89. The molecule has 0 aromatic heterocycles. The average Bonchev–Trinajstić information content (AvgIpc) is 2.65. The molecule has 1 aliphatic heterocycles. The van der Waals surface area contributed by atoms with E-state index >= 15 is 0 Å². The van der Waals surface area contributed by atoms with Crippen LogP contribution >= 0.6 is 0 Å². The van der Waals surface area contributed by atoms with E-state index in [-0.39, 0.29) is 24.8 Å². The summed E-state index contributed by atoms with van der Waals surface area (Å²) in [6.45, 7) is 0.152. The van der Waals surface area contributed by atoms with Crippen molar-refractivity contribution in [2.45, 2.75) is 12.5 Å². The lowest BCUT2D eigenvalue weighted by atomic mass is 10.1. The minimum atomic E-state index is -1.38. The van der Waals surface area contributed by atoms with Crippen LogP contribution in [-0.4, -0.2) is 61.1 Å². The Morgan fingerprint density at radius 2 is 2.29 bits per heavy atom. The summed E-state index contributed by atoms with van der Waals surface area (Å²) in [5, 5.41) is 11.7. The molecule has 2 amide bonds. The van der Waals surface area contributed by atoms with Crippen molar-refractivity contribution in [3.63, 3.8) is 0 Å². The number of hydrogen-bond acceptors (Lipinski definition) is 5. The maximum atomic E-state index is 11.6. The molecule has 0 aromatic rings. The van der Waals surface area contributed by atoms with Crippen molar-refractivity contribution in [1.82, 2.24) is 10.2 Å². The van der Waals surface area contributed by atoms with Crippen LogP contribution in [0.4, 0.5) is 0 Å². The molecule has 0 radical (unpaired) electrons. The van der Waals surface area contributed by atoms with Gasteiger partial charge >= 0.3 is 5.97 Å². The van der Waals surface area contributed by atoms with Gasteiger partial charge in [-0.15, -0.1) is 0 Å². The normalized spacial score (nSPS) is 21.2. The van der Waals surface area contributed by atoms with Gasteiger partial charge in [-0.05, 0) is 0 Å². The van der Waals surface area contributed by atoms with Crippen molar-refractivity contribution in [3.8, 4) is 0 Å². The number of aliphatic hydroxyl groups excluding tert-OH is 1. The largest absolute Gasteiger partial charge is 0.467 e. The van der Waals surface area contributed by atoms with E-state index in [9.17, 15) is 19.5 Å². The summed E-state index contributed by atoms with van der Waals surface area (Å²) >= 11 is 0. The summed E-state index contributed by atoms with van der Waals surface area (Å²) in [5.41, 5.74) is 0. The molecular weight excluding hydrogens is 228 g/mol. The molecule has 0 aromatic carbocycles. The molecule has 2 atom stereocenters. The molecule has 1 aliphatic rings. The first-order valence-electron chi connectivity index (χ1n) is 5.23. The smallest absolute Gasteiger partial charge is 0.336 e. The Balaban J connectivity index is 2.36. The maximum absolute atomic E-state index is 11.6. The number of likely N-dealkylation sites (tertiary alicyclic amines) is 1. The van der Waals surface area contributed by atoms with E-state index in [1.165, 1.54) is 4.90 Å². The van der Waals surface area contributed by atoms with Crippen molar-refractivity contribution in [3.05, 3.63) is 0 Å². The number of nitrogens with zero attached hydrogens (tertiary/aromatic N) is 1. The van der Waals surface area contributed by atoms with Crippen LogP contribution in [0, 0.1) is 5.92 Å². The number of hydrogen-bond donors (Lipinski definition) is 2. The van der Waals surface area contributed by atoms with E-state index < -0.39 is 18.0 Å². The quantitative estimate of drug-likeness (QED) is 0.564. The maximum Gasteiger partial charge on any atom is 0.336 e. The van der Waals surface area contributed by atoms with Gasteiger partial charge in [0, 0.05) is 20.0 Å². The average molecular weight is 244 g/mol. The van der Waals surface area contributed by atoms with Crippen LogP contribution < -0.4 is 5.32 Å². The Labute approximate surface area is 98.7 Å². The lowest BCUT2D eigenvalue weighted by Gasteiger charge is -2.13. The van der Waals surface area contributed by atoms with Crippen molar-refractivity contribution in [2.24, 2.45) is 5.92 Å². The second-order valence-corrected chi connectivity index (χ2v) is 3.96. The van der Waals surface area contributed by atoms with Crippen LogP contribution in [-0.2, 0) is 19.1 Å². The first-order chi connectivity index (χ1) is 7.95. The Morgan fingerprint density at radius 3 is 2.76 bits per heavy atom. The van der Waals surface area contributed by atoms with Crippen molar-refractivity contribution < 1.29 is 24.2 Å². The molecule has 0 saturated carbocycles. The first kappa shape index (κ1) is 13.4. The van der Waals surface area contributed by atoms with Gasteiger partial charge in [0.2, 0.25) is 11.8 Å². The van der Waals surface area contributed by atoms with Gasteiger partial charge in [-0.3, -0.25) is 9.59 Å². The summed E-state index contributed by atoms with van der Waals surface area (Å²) in [6, 6.07) is 0. The molecule has 2 N–H and O–H groups in total. The number of esters is 1. The second-order valence-electron chi connectivity index (χ2n) is 3.96. The summed E-state index contributed by atoms with van der Waals surface area (Å²) < 4.78 is 4.30. The number of methoxy groups -OCH3 is 1. The number of amides is 2. The third-order valence-electron chi connectivity index (χ3n) is 2.65. The molecular formula is C10H16N2O5. The molecule has 0 aliphatic carbocycles. The third kappa shape index (κ3) is 3.42. The van der Waals surface area contributed by atoms with E-state index in [4.69, 9.17) is 0 Å². The van der Waals surface area contributed by atoms with Crippen LogP contribution in [0.25, 0.3) is 0 Å². The Bertz CT molecular complexity index is 331. The van der Waals surface area contributed by atoms with E-state index in [1.807, 2.05) is 0 Å². The molecule has 7 heteroatoms. The zero-order chi connectivity index (χ0) is 13.0. The van der Waals surface area contributed by atoms with E-state index in [0.29, 0.717) is 6.54 Å². The van der Waals surface area contributed by atoms with Crippen LogP contribution in [0.5, 0.6) is 0 Å². The topological polar surface area (TPSA) is 95.9 Å². The molecule has 2 unspecified atom stereocenters. The van der Waals surface area contributed by atoms with Crippen molar-refractivity contribution >= 4 is 17.8 Å². The molecule has 96 valence electrons. The van der Waals surface area contributed by atoms with Gasteiger partial charge in [0.05, 0.1) is 19.6 Å². The van der Waals surface area contributed by atoms with Crippen molar-refractivity contribution in [1.29, 1.82) is 0 Å². The Morgan fingerprint density at radius 1 is 1.65 bits per heavy atom. The zero-order valence-corrected chi connectivity index (χ0v) is 9.80.